The summed E-state index contributed by atoms with van der Waals surface area (Å²) in [7, 11) is 0. The lowest BCUT2D eigenvalue weighted by Gasteiger charge is -2.68. The smallest absolute Gasteiger partial charge is 0.267 e. The topological polar surface area (TPSA) is 43.9 Å². The number of aryl methyl sites for hydroxylation is 1. The number of amides is 1. The Balaban J connectivity index is 1.75. The lowest BCUT2D eigenvalue weighted by molar-refractivity contribution is -0.228. The largest absolute Gasteiger partial charge is 0.309 e. The summed E-state index contributed by atoms with van der Waals surface area (Å²) in [6.07, 6.45) is 0. The van der Waals surface area contributed by atoms with Gasteiger partial charge in [0.05, 0.1) is 16.5 Å². The summed E-state index contributed by atoms with van der Waals surface area (Å²) >= 11 is 0. The average molecular weight is 339 g/mol. The molecule has 4 bridgehead atoms. The molecular weight excluding hydrogens is 314 g/mol. The van der Waals surface area contributed by atoms with E-state index in [1.54, 1.807) is 0 Å². The van der Waals surface area contributed by atoms with Crippen LogP contribution in [0.2, 0.25) is 0 Å². The second-order valence-corrected chi connectivity index (χ2v) is 8.90. The molecule has 5 aliphatic rings. The quantitative estimate of drug-likeness (QED) is 0.782. The molecule has 1 aromatic rings. The molecule has 5 heteroatoms. The lowest BCUT2D eigenvalue weighted by Crippen LogP contribution is -2.83. The minimum atomic E-state index is -0.711. The molecule has 6 rings (SSSR count). The highest BCUT2D eigenvalue weighted by molar-refractivity contribution is 6.08. The molecular formula is C20H25N3O2. The zero-order valence-corrected chi connectivity index (χ0v) is 15.4. The van der Waals surface area contributed by atoms with Crippen molar-refractivity contribution in [3.8, 4) is 0 Å². The van der Waals surface area contributed by atoms with Crippen LogP contribution in [0.1, 0.15) is 31.9 Å². The van der Waals surface area contributed by atoms with Gasteiger partial charge >= 0.3 is 0 Å². The molecule has 1 spiro atoms. The maximum absolute atomic E-state index is 13.7. The number of ketones is 1. The lowest BCUT2D eigenvalue weighted by atomic mass is 9.60. The molecule has 5 aliphatic heterocycles. The third-order valence-electron chi connectivity index (χ3n) is 6.85. The Morgan fingerprint density at radius 2 is 1.56 bits per heavy atom. The summed E-state index contributed by atoms with van der Waals surface area (Å²) in [4.78, 5) is 33.2. The molecule has 0 unspecified atom stereocenters. The van der Waals surface area contributed by atoms with E-state index in [9.17, 15) is 9.59 Å². The van der Waals surface area contributed by atoms with Crippen LogP contribution in [0.4, 0.5) is 5.69 Å². The molecule has 0 radical (unpaired) electrons. The molecule has 0 aliphatic carbocycles. The third kappa shape index (κ3) is 1.53. The number of hydrogen-bond acceptors (Lipinski definition) is 4. The molecule has 4 fully saturated rings. The van der Waals surface area contributed by atoms with Gasteiger partial charge in [0, 0.05) is 38.3 Å². The number of hydrogen-bond donors (Lipinski definition) is 0. The number of anilines is 1. The van der Waals surface area contributed by atoms with E-state index in [4.69, 9.17) is 0 Å². The van der Waals surface area contributed by atoms with E-state index in [0.29, 0.717) is 38.5 Å². The standard InChI is InChI=1S/C20H25N3O2/c1-5-23-15-7-6-13(2)8-14(15)20(17(23)25)21-9-18(3)10-22(20)12-19(4,11-21)16(18)24/h6-8H,5,9-12H2,1-4H3. The van der Waals surface area contributed by atoms with Crippen molar-refractivity contribution in [2.75, 3.05) is 37.6 Å². The third-order valence-corrected chi connectivity index (χ3v) is 6.85. The number of rotatable bonds is 1. The summed E-state index contributed by atoms with van der Waals surface area (Å²) in [6, 6.07) is 6.35. The van der Waals surface area contributed by atoms with Gasteiger partial charge in [-0.1, -0.05) is 31.5 Å². The van der Waals surface area contributed by atoms with Gasteiger partial charge < -0.3 is 4.90 Å². The molecule has 0 N–H and O–H groups in total. The first kappa shape index (κ1) is 15.5. The fourth-order valence-electron chi connectivity index (χ4n) is 6.07. The second-order valence-electron chi connectivity index (χ2n) is 8.90. The number of nitrogens with zero attached hydrogens (tertiary/aromatic N) is 3. The molecule has 1 amide bonds. The summed E-state index contributed by atoms with van der Waals surface area (Å²) < 4.78 is 0. The number of piperidine rings is 2. The highest BCUT2D eigenvalue weighted by atomic mass is 16.2. The van der Waals surface area contributed by atoms with Crippen molar-refractivity contribution >= 4 is 17.4 Å². The number of benzene rings is 1. The minimum absolute atomic E-state index is 0.161. The van der Waals surface area contributed by atoms with Crippen molar-refractivity contribution in [2.24, 2.45) is 10.8 Å². The fraction of sp³-hybridized carbons (Fsp3) is 0.600. The van der Waals surface area contributed by atoms with Gasteiger partial charge in [0.1, 0.15) is 5.78 Å². The Morgan fingerprint density at radius 3 is 2.08 bits per heavy atom. The van der Waals surface area contributed by atoms with Gasteiger partial charge in [0.25, 0.3) is 5.91 Å². The zero-order valence-electron chi connectivity index (χ0n) is 15.4. The Bertz CT molecular complexity index is 790. The van der Waals surface area contributed by atoms with E-state index < -0.39 is 5.66 Å². The predicted octanol–water partition coefficient (Wildman–Crippen LogP) is 1.74. The first-order chi connectivity index (χ1) is 11.8. The Labute approximate surface area is 148 Å². The molecule has 4 saturated heterocycles. The van der Waals surface area contributed by atoms with Crippen molar-refractivity contribution in [1.29, 1.82) is 0 Å². The molecule has 0 aromatic heterocycles. The van der Waals surface area contributed by atoms with Crippen LogP contribution < -0.4 is 4.90 Å². The van der Waals surface area contributed by atoms with Gasteiger partial charge in [-0.25, -0.2) is 0 Å². The first-order valence-corrected chi connectivity index (χ1v) is 9.24. The molecule has 1 aromatic carbocycles. The van der Waals surface area contributed by atoms with Crippen LogP contribution in [-0.4, -0.2) is 54.2 Å². The van der Waals surface area contributed by atoms with E-state index >= 15 is 0 Å². The zero-order chi connectivity index (χ0) is 17.8. The Morgan fingerprint density at radius 1 is 1.00 bits per heavy atom. The number of carbonyl (C=O) groups is 2. The molecule has 5 nitrogen and oxygen atoms in total. The van der Waals surface area contributed by atoms with Crippen LogP contribution in [0, 0.1) is 17.8 Å². The normalized spacial score (nSPS) is 44.1. The maximum atomic E-state index is 13.7. The highest BCUT2D eigenvalue weighted by Crippen LogP contribution is 2.58. The number of fused-ring (bicyclic) bond motifs is 1. The maximum Gasteiger partial charge on any atom is 0.267 e. The number of carbonyl (C=O) groups excluding carboxylic acids is 2. The van der Waals surface area contributed by atoms with E-state index in [2.05, 4.69) is 48.8 Å². The minimum Gasteiger partial charge on any atom is -0.309 e. The van der Waals surface area contributed by atoms with Gasteiger partial charge in [-0.2, -0.15) is 0 Å². The Hall–Kier alpha value is -1.72. The van der Waals surface area contributed by atoms with Crippen molar-refractivity contribution < 1.29 is 9.59 Å². The van der Waals surface area contributed by atoms with E-state index in [1.807, 2.05) is 11.8 Å². The summed E-state index contributed by atoms with van der Waals surface area (Å²) in [5.41, 5.74) is 1.89. The van der Waals surface area contributed by atoms with Crippen LogP contribution in [0.5, 0.6) is 0 Å². The Kier molecular flexibility index (Phi) is 2.69. The number of likely N-dealkylation sites (N-methyl/N-ethyl adjacent to an activating group) is 1. The van der Waals surface area contributed by atoms with E-state index in [0.717, 1.165) is 11.3 Å². The summed E-state index contributed by atoms with van der Waals surface area (Å²) in [6.45, 7) is 11.6. The van der Waals surface area contributed by atoms with Crippen molar-refractivity contribution in [1.82, 2.24) is 9.80 Å². The van der Waals surface area contributed by atoms with Crippen LogP contribution >= 0.6 is 0 Å². The van der Waals surface area contributed by atoms with E-state index in [1.165, 1.54) is 5.56 Å². The van der Waals surface area contributed by atoms with Gasteiger partial charge in [0.2, 0.25) is 0 Å². The van der Waals surface area contributed by atoms with Gasteiger partial charge in [-0.15, -0.1) is 0 Å². The average Bonchev–Trinajstić information content (AvgIpc) is 2.77. The fourth-order valence-corrected chi connectivity index (χ4v) is 6.07. The van der Waals surface area contributed by atoms with Crippen LogP contribution in [0.15, 0.2) is 18.2 Å². The number of Topliss-reactive ketones (excluding diaryl/α,β-unsaturated/α-hetero) is 1. The molecule has 0 atom stereocenters. The molecule has 25 heavy (non-hydrogen) atoms. The van der Waals surface area contributed by atoms with Crippen LogP contribution in [-0.2, 0) is 15.3 Å². The first-order valence-electron chi connectivity index (χ1n) is 9.24. The van der Waals surface area contributed by atoms with Gasteiger partial charge in [-0.3, -0.25) is 19.4 Å². The van der Waals surface area contributed by atoms with Crippen LogP contribution in [0.3, 0.4) is 0 Å². The monoisotopic (exact) mass is 339 g/mol. The second kappa shape index (κ2) is 4.33. The van der Waals surface area contributed by atoms with Crippen molar-refractivity contribution in [3.05, 3.63) is 29.3 Å². The summed E-state index contributed by atoms with van der Waals surface area (Å²) in [5.74, 6) is 0.540. The van der Waals surface area contributed by atoms with Crippen LogP contribution in [0.25, 0.3) is 0 Å². The van der Waals surface area contributed by atoms with Crippen molar-refractivity contribution in [2.45, 2.75) is 33.4 Å². The van der Waals surface area contributed by atoms with Gasteiger partial charge in [-0.05, 0) is 19.9 Å². The molecule has 0 saturated carbocycles. The predicted molar refractivity (Wildman–Crippen MR) is 95.3 cm³/mol. The van der Waals surface area contributed by atoms with E-state index in [-0.39, 0.29) is 16.7 Å². The summed E-state index contributed by atoms with van der Waals surface area (Å²) in [5, 5.41) is 0. The molecule has 132 valence electrons. The highest BCUT2D eigenvalue weighted by Gasteiger charge is 2.72. The molecule has 5 heterocycles. The van der Waals surface area contributed by atoms with Gasteiger partial charge in [0.15, 0.2) is 5.66 Å². The SMILES string of the molecule is CCN1C(=O)C2(c3cc(C)ccc31)N1CC3(C)CN2CC(C)(C1)C3=O. The van der Waals surface area contributed by atoms with Crippen molar-refractivity contribution in [3.63, 3.8) is 0 Å².